The first-order valence-electron chi connectivity index (χ1n) is 6.72. The van der Waals surface area contributed by atoms with Crippen molar-refractivity contribution in [2.24, 2.45) is 11.7 Å². The van der Waals surface area contributed by atoms with Gasteiger partial charge in [0.1, 0.15) is 5.82 Å². The lowest BCUT2D eigenvalue weighted by molar-refractivity contribution is -0.137. The van der Waals surface area contributed by atoms with E-state index >= 15 is 0 Å². The maximum absolute atomic E-state index is 13.6. The van der Waals surface area contributed by atoms with Crippen LogP contribution in [0.3, 0.4) is 0 Å². The van der Waals surface area contributed by atoms with E-state index in [-0.39, 0.29) is 11.7 Å². The van der Waals surface area contributed by atoms with Crippen molar-refractivity contribution in [3.8, 4) is 0 Å². The quantitative estimate of drug-likeness (QED) is 0.832. The van der Waals surface area contributed by atoms with Crippen LogP contribution >= 0.6 is 0 Å². The van der Waals surface area contributed by atoms with E-state index in [1.807, 2.05) is 0 Å². The summed E-state index contributed by atoms with van der Waals surface area (Å²) in [6.07, 6.45) is -0.685. The molecule has 0 radical (unpaired) electrons. The Morgan fingerprint density at radius 1 is 1.15 bits per heavy atom. The molecule has 0 atom stereocenters. The smallest absolute Gasteiger partial charge is 0.382 e. The Hall–Kier alpha value is -1.30. The van der Waals surface area contributed by atoms with Crippen molar-refractivity contribution in [3.63, 3.8) is 0 Å². The van der Waals surface area contributed by atoms with Crippen molar-refractivity contribution in [2.45, 2.75) is 37.9 Å². The number of hydrogen-bond donors (Lipinski definition) is 2. The molecular weight excluding hydrogens is 272 g/mol. The lowest BCUT2D eigenvalue weighted by Gasteiger charge is -2.26. The van der Waals surface area contributed by atoms with Crippen molar-refractivity contribution in [2.75, 3.05) is 11.9 Å². The van der Waals surface area contributed by atoms with E-state index in [4.69, 9.17) is 5.73 Å². The summed E-state index contributed by atoms with van der Waals surface area (Å²) in [5, 5.41) is 2.89. The predicted molar refractivity (Wildman–Crippen MR) is 69.8 cm³/mol. The Bertz CT molecular complexity index is 451. The topological polar surface area (TPSA) is 38.0 Å². The third-order valence-electron chi connectivity index (χ3n) is 3.77. The van der Waals surface area contributed by atoms with Crippen LogP contribution in [-0.2, 0) is 6.18 Å². The molecule has 0 amide bonds. The third-order valence-corrected chi connectivity index (χ3v) is 3.77. The van der Waals surface area contributed by atoms with Gasteiger partial charge in [0.15, 0.2) is 0 Å². The highest BCUT2D eigenvalue weighted by atomic mass is 19.4. The molecule has 1 aromatic rings. The number of alkyl halides is 3. The van der Waals surface area contributed by atoms with Crippen molar-refractivity contribution < 1.29 is 17.6 Å². The summed E-state index contributed by atoms with van der Waals surface area (Å²) in [7, 11) is 0. The maximum Gasteiger partial charge on any atom is 0.416 e. The van der Waals surface area contributed by atoms with Gasteiger partial charge in [-0.15, -0.1) is 0 Å². The van der Waals surface area contributed by atoms with Gasteiger partial charge in [-0.3, -0.25) is 0 Å². The van der Waals surface area contributed by atoms with Crippen molar-refractivity contribution >= 4 is 5.69 Å². The zero-order chi connectivity index (χ0) is 14.8. The van der Waals surface area contributed by atoms with E-state index in [1.54, 1.807) is 0 Å². The first kappa shape index (κ1) is 15.1. The summed E-state index contributed by atoms with van der Waals surface area (Å²) in [5.74, 6) is -0.469. The van der Waals surface area contributed by atoms with E-state index in [2.05, 4.69) is 5.32 Å². The van der Waals surface area contributed by atoms with Crippen LogP contribution in [0.25, 0.3) is 0 Å². The van der Waals surface area contributed by atoms with Crippen molar-refractivity contribution in [1.29, 1.82) is 0 Å². The van der Waals surface area contributed by atoms with E-state index in [0.717, 1.165) is 37.8 Å². The molecule has 1 aromatic carbocycles. The Balaban J connectivity index is 1.93. The fraction of sp³-hybridized carbons (Fsp3) is 0.571. The summed E-state index contributed by atoms with van der Waals surface area (Å²) in [6.45, 7) is 0.564. The Labute approximate surface area is 115 Å². The molecule has 0 spiro atoms. The van der Waals surface area contributed by atoms with Crippen LogP contribution in [0.5, 0.6) is 0 Å². The fourth-order valence-electron chi connectivity index (χ4n) is 2.48. The fourth-order valence-corrected chi connectivity index (χ4v) is 2.48. The van der Waals surface area contributed by atoms with Gasteiger partial charge in [0.25, 0.3) is 0 Å². The van der Waals surface area contributed by atoms with Gasteiger partial charge in [0, 0.05) is 12.6 Å². The minimum absolute atomic E-state index is 0.118. The molecule has 0 saturated heterocycles. The molecule has 1 aliphatic rings. The van der Waals surface area contributed by atoms with Crippen LogP contribution in [0.4, 0.5) is 23.2 Å². The molecule has 2 rings (SSSR count). The van der Waals surface area contributed by atoms with Crippen LogP contribution < -0.4 is 11.1 Å². The summed E-state index contributed by atoms with van der Waals surface area (Å²) in [6, 6.07) is 2.81. The number of nitrogens with one attached hydrogen (secondary N) is 1. The molecule has 0 bridgehead atoms. The number of nitrogens with two attached hydrogens (primary N) is 1. The second-order valence-electron chi connectivity index (χ2n) is 5.35. The Kier molecular flexibility index (Phi) is 4.52. The van der Waals surface area contributed by atoms with E-state index in [1.165, 1.54) is 0 Å². The third kappa shape index (κ3) is 3.85. The van der Waals surface area contributed by atoms with Gasteiger partial charge in [-0.2, -0.15) is 13.2 Å². The minimum Gasteiger partial charge on any atom is -0.382 e. The normalized spacial score (nSPS) is 23.6. The lowest BCUT2D eigenvalue weighted by atomic mass is 9.86. The second kappa shape index (κ2) is 5.99. The van der Waals surface area contributed by atoms with E-state index in [0.29, 0.717) is 18.5 Å². The maximum atomic E-state index is 13.6. The molecule has 20 heavy (non-hydrogen) atoms. The van der Waals surface area contributed by atoms with Crippen LogP contribution in [-0.4, -0.2) is 12.6 Å². The Morgan fingerprint density at radius 2 is 1.80 bits per heavy atom. The first-order chi connectivity index (χ1) is 9.36. The minimum atomic E-state index is -4.52. The molecule has 0 aromatic heterocycles. The monoisotopic (exact) mass is 290 g/mol. The Morgan fingerprint density at radius 3 is 2.35 bits per heavy atom. The standard InChI is InChI=1S/C14H18F4N2/c15-12-7-10(14(16,17)18)3-6-13(12)20-8-9-1-4-11(19)5-2-9/h3,6-7,9,11,20H,1-2,4-5,8,19H2. The van der Waals surface area contributed by atoms with Gasteiger partial charge in [0.05, 0.1) is 11.3 Å². The van der Waals surface area contributed by atoms with Gasteiger partial charge in [-0.05, 0) is 49.8 Å². The molecule has 1 saturated carbocycles. The molecule has 6 heteroatoms. The van der Waals surface area contributed by atoms with Gasteiger partial charge in [-0.1, -0.05) is 0 Å². The highest BCUT2D eigenvalue weighted by Gasteiger charge is 2.31. The van der Waals surface area contributed by atoms with Crippen LogP contribution in [0.15, 0.2) is 18.2 Å². The number of rotatable bonds is 3. The van der Waals surface area contributed by atoms with Crippen LogP contribution in [0.2, 0.25) is 0 Å². The van der Waals surface area contributed by atoms with Gasteiger partial charge >= 0.3 is 6.18 Å². The van der Waals surface area contributed by atoms with Gasteiger partial charge in [-0.25, -0.2) is 4.39 Å². The summed E-state index contributed by atoms with van der Waals surface area (Å²) >= 11 is 0. The highest BCUT2D eigenvalue weighted by molar-refractivity contribution is 5.46. The average molecular weight is 290 g/mol. The zero-order valence-corrected chi connectivity index (χ0v) is 11.0. The van der Waals surface area contributed by atoms with Gasteiger partial charge < -0.3 is 11.1 Å². The van der Waals surface area contributed by atoms with Crippen molar-refractivity contribution in [1.82, 2.24) is 0 Å². The molecule has 1 fully saturated rings. The number of halogens is 4. The molecular formula is C14H18F4N2. The number of anilines is 1. The number of benzene rings is 1. The second-order valence-corrected chi connectivity index (χ2v) is 5.35. The molecule has 0 heterocycles. The summed E-state index contributed by atoms with van der Waals surface area (Å²) < 4.78 is 50.9. The largest absolute Gasteiger partial charge is 0.416 e. The molecule has 112 valence electrons. The van der Waals surface area contributed by atoms with Gasteiger partial charge in [0.2, 0.25) is 0 Å². The predicted octanol–water partition coefficient (Wildman–Crippen LogP) is 3.77. The average Bonchev–Trinajstić information content (AvgIpc) is 2.38. The summed E-state index contributed by atoms with van der Waals surface area (Å²) in [4.78, 5) is 0. The van der Waals surface area contributed by atoms with Crippen LogP contribution in [0.1, 0.15) is 31.2 Å². The van der Waals surface area contributed by atoms with Crippen molar-refractivity contribution in [3.05, 3.63) is 29.6 Å². The first-order valence-corrected chi connectivity index (χ1v) is 6.72. The zero-order valence-electron chi connectivity index (χ0n) is 11.0. The molecule has 2 nitrogen and oxygen atoms in total. The van der Waals surface area contributed by atoms with E-state index in [9.17, 15) is 17.6 Å². The lowest BCUT2D eigenvalue weighted by Crippen LogP contribution is -2.29. The molecule has 3 N–H and O–H groups in total. The molecule has 1 aliphatic carbocycles. The van der Waals surface area contributed by atoms with Crippen LogP contribution in [0, 0.1) is 11.7 Å². The summed E-state index contributed by atoms with van der Waals surface area (Å²) in [5.41, 5.74) is 4.95. The SMILES string of the molecule is NC1CCC(CNc2ccc(C(F)(F)F)cc2F)CC1. The van der Waals surface area contributed by atoms with E-state index < -0.39 is 17.6 Å². The number of hydrogen-bond acceptors (Lipinski definition) is 2. The highest BCUT2D eigenvalue weighted by Crippen LogP contribution is 2.31. The molecule has 0 unspecified atom stereocenters. The molecule has 0 aliphatic heterocycles.